The Morgan fingerprint density at radius 2 is 1.80 bits per heavy atom. The lowest BCUT2D eigenvalue weighted by molar-refractivity contribution is -0.140. The van der Waals surface area contributed by atoms with E-state index in [4.69, 9.17) is 10.8 Å². The minimum absolute atomic E-state index is 0.511. The average molecular weight is 290 g/mol. The van der Waals surface area contributed by atoms with Crippen LogP contribution < -0.4 is 11.1 Å². The third kappa shape index (κ3) is 3.46. The van der Waals surface area contributed by atoms with Crippen molar-refractivity contribution in [1.82, 2.24) is 5.32 Å². The van der Waals surface area contributed by atoms with Crippen LogP contribution in [0.15, 0.2) is 12.1 Å². The number of benzene rings is 1. The molecule has 1 aromatic rings. The van der Waals surface area contributed by atoms with Crippen molar-refractivity contribution in [3.8, 4) is 0 Å². The fourth-order valence-corrected chi connectivity index (χ4v) is 1.34. The van der Waals surface area contributed by atoms with Crippen molar-refractivity contribution >= 4 is 17.8 Å². The zero-order valence-corrected chi connectivity index (χ0v) is 9.82. The first kappa shape index (κ1) is 15.5. The third-order valence-electron chi connectivity index (χ3n) is 2.29. The molecule has 108 valence electrons. The number of carbonyl (C=O) groups excluding carboxylic acids is 2. The minimum atomic E-state index is -1.86. The van der Waals surface area contributed by atoms with Crippen molar-refractivity contribution in [2.75, 3.05) is 0 Å². The number of amides is 2. The zero-order chi connectivity index (χ0) is 15.4. The highest BCUT2D eigenvalue weighted by Gasteiger charge is 2.25. The van der Waals surface area contributed by atoms with Crippen LogP contribution in [0.1, 0.15) is 16.8 Å². The topological polar surface area (TPSA) is 109 Å². The molecule has 0 saturated carbocycles. The number of carboxylic acid groups (broad SMARTS) is 1. The van der Waals surface area contributed by atoms with Crippen LogP contribution in [0.2, 0.25) is 0 Å². The van der Waals surface area contributed by atoms with E-state index in [1.165, 1.54) is 0 Å². The highest BCUT2D eigenvalue weighted by atomic mass is 19.2. The number of nitrogens with one attached hydrogen (secondary N) is 1. The van der Waals surface area contributed by atoms with E-state index < -0.39 is 53.3 Å². The van der Waals surface area contributed by atoms with Gasteiger partial charge in [-0.25, -0.2) is 18.0 Å². The molecule has 0 aliphatic rings. The Hall–Kier alpha value is -2.58. The molecular formula is C11H9F3N2O4. The van der Waals surface area contributed by atoms with E-state index in [9.17, 15) is 27.6 Å². The van der Waals surface area contributed by atoms with E-state index in [1.54, 1.807) is 5.32 Å². The molecule has 0 unspecified atom stereocenters. The summed E-state index contributed by atoms with van der Waals surface area (Å²) in [6.45, 7) is 0. The van der Waals surface area contributed by atoms with Crippen molar-refractivity contribution in [2.45, 2.75) is 12.5 Å². The fraction of sp³-hybridized carbons (Fsp3) is 0.182. The maximum atomic E-state index is 13.3. The second-order valence-corrected chi connectivity index (χ2v) is 3.76. The molecule has 2 amide bonds. The smallest absolute Gasteiger partial charge is 0.326 e. The number of aliphatic carboxylic acids is 1. The number of hydrogen-bond donors (Lipinski definition) is 3. The van der Waals surface area contributed by atoms with Crippen LogP contribution in [0.25, 0.3) is 0 Å². The van der Waals surface area contributed by atoms with Gasteiger partial charge in [-0.05, 0) is 12.1 Å². The lowest BCUT2D eigenvalue weighted by Gasteiger charge is -2.13. The summed E-state index contributed by atoms with van der Waals surface area (Å²) in [6.07, 6.45) is -0.730. The maximum Gasteiger partial charge on any atom is 0.326 e. The van der Waals surface area contributed by atoms with Gasteiger partial charge in [0.25, 0.3) is 5.91 Å². The Balaban J connectivity index is 2.98. The van der Waals surface area contributed by atoms with Crippen molar-refractivity contribution < 1.29 is 32.7 Å². The Bertz CT molecular complexity index is 577. The Morgan fingerprint density at radius 1 is 1.20 bits per heavy atom. The summed E-state index contributed by atoms with van der Waals surface area (Å²) in [5, 5.41) is 10.5. The molecule has 4 N–H and O–H groups in total. The largest absolute Gasteiger partial charge is 0.480 e. The normalized spacial score (nSPS) is 11.8. The molecule has 0 aliphatic carbocycles. The molecule has 0 aromatic heterocycles. The van der Waals surface area contributed by atoms with Gasteiger partial charge in [-0.2, -0.15) is 0 Å². The summed E-state index contributed by atoms with van der Waals surface area (Å²) in [5.41, 5.74) is 3.89. The second-order valence-electron chi connectivity index (χ2n) is 3.76. The lowest BCUT2D eigenvalue weighted by atomic mass is 10.1. The molecule has 0 spiro atoms. The van der Waals surface area contributed by atoms with E-state index in [1.807, 2.05) is 0 Å². The number of rotatable bonds is 5. The highest BCUT2D eigenvalue weighted by molar-refractivity contribution is 5.97. The predicted octanol–water partition coefficient (Wildman–Crippen LogP) is 0.162. The molecule has 0 heterocycles. The lowest BCUT2D eigenvalue weighted by Crippen LogP contribution is -2.43. The summed E-state index contributed by atoms with van der Waals surface area (Å²) in [4.78, 5) is 32.9. The van der Waals surface area contributed by atoms with Gasteiger partial charge in [-0.3, -0.25) is 9.59 Å². The molecule has 1 aromatic carbocycles. The summed E-state index contributed by atoms with van der Waals surface area (Å²) < 4.78 is 38.9. The van der Waals surface area contributed by atoms with Crippen LogP contribution in [0.5, 0.6) is 0 Å². The molecule has 0 aliphatic heterocycles. The van der Waals surface area contributed by atoms with E-state index in [-0.39, 0.29) is 0 Å². The van der Waals surface area contributed by atoms with Crippen LogP contribution >= 0.6 is 0 Å². The first-order valence-electron chi connectivity index (χ1n) is 5.19. The number of halogens is 3. The summed E-state index contributed by atoms with van der Waals surface area (Å²) >= 11 is 0. The Labute approximate surface area is 110 Å². The number of carboxylic acids is 1. The van der Waals surface area contributed by atoms with Gasteiger partial charge < -0.3 is 16.2 Å². The Kier molecular flexibility index (Phi) is 4.68. The molecule has 1 rings (SSSR count). The van der Waals surface area contributed by atoms with Gasteiger partial charge in [0.2, 0.25) is 5.91 Å². The molecule has 20 heavy (non-hydrogen) atoms. The molecule has 1 atom stereocenters. The van der Waals surface area contributed by atoms with E-state index in [2.05, 4.69) is 0 Å². The fourth-order valence-electron chi connectivity index (χ4n) is 1.34. The van der Waals surface area contributed by atoms with E-state index in [0.717, 1.165) is 0 Å². The molecule has 0 bridgehead atoms. The monoisotopic (exact) mass is 290 g/mol. The molecule has 0 saturated heterocycles. The summed E-state index contributed by atoms with van der Waals surface area (Å²) in [6, 6.07) is -0.545. The first-order chi connectivity index (χ1) is 9.23. The van der Waals surface area contributed by atoms with Crippen LogP contribution in [-0.4, -0.2) is 28.9 Å². The van der Waals surface area contributed by atoms with E-state index >= 15 is 0 Å². The quantitative estimate of drug-likeness (QED) is 0.671. The predicted molar refractivity (Wildman–Crippen MR) is 59.0 cm³/mol. The maximum absolute atomic E-state index is 13.3. The first-order valence-corrected chi connectivity index (χ1v) is 5.19. The van der Waals surface area contributed by atoms with Crippen molar-refractivity contribution in [3.63, 3.8) is 0 Å². The van der Waals surface area contributed by atoms with Crippen LogP contribution in [0, 0.1) is 17.5 Å². The van der Waals surface area contributed by atoms with Gasteiger partial charge in [0, 0.05) is 0 Å². The van der Waals surface area contributed by atoms with Crippen LogP contribution in [0.4, 0.5) is 13.2 Å². The zero-order valence-electron chi connectivity index (χ0n) is 9.82. The van der Waals surface area contributed by atoms with Crippen molar-refractivity contribution in [1.29, 1.82) is 0 Å². The van der Waals surface area contributed by atoms with Gasteiger partial charge in [-0.1, -0.05) is 0 Å². The SMILES string of the molecule is NC(=O)C[C@@H](NC(=O)c1ccc(F)c(F)c1F)C(=O)O. The minimum Gasteiger partial charge on any atom is -0.480 e. The van der Waals surface area contributed by atoms with Gasteiger partial charge >= 0.3 is 5.97 Å². The van der Waals surface area contributed by atoms with Gasteiger partial charge in [0.15, 0.2) is 17.5 Å². The average Bonchev–Trinajstić information content (AvgIpc) is 2.34. The van der Waals surface area contributed by atoms with Crippen LogP contribution in [0.3, 0.4) is 0 Å². The van der Waals surface area contributed by atoms with Crippen molar-refractivity contribution in [2.24, 2.45) is 5.73 Å². The molecule has 0 radical (unpaired) electrons. The summed E-state index contributed by atoms with van der Waals surface area (Å²) in [7, 11) is 0. The highest BCUT2D eigenvalue weighted by Crippen LogP contribution is 2.15. The second kappa shape index (κ2) is 6.04. The standard InChI is InChI=1S/C11H9F3N2O4/c12-5-2-1-4(8(13)9(5)14)10(18)16-6(11(19)20)3-7(15)17/h1-2,6H,3H2,(H2,15,17)(H,16,18)(H,19,20)/t6-/m1/s1. The molecular weight excluding hydrogens is 281 g/mol. The van der Waals surface area contributed by atoms with Gasteiger partial charge in [-0.15, -0.1) is 0 Å². The molecule has 6 nitrogen and oxygen atoms in total. The molecule has 0 fully saturated rings. The number of carbonyl (C=O) groups is 3. The van der Waals surface area contributed by atoms with Crippen LogP contribution in [-0.2, 0) is 9.59 Å². The summed E-state index contributed by atoms with van der Waals surface area (Å²) in [5.74, 6) is -9.02. The van der Waals surface area contributed by atoms with Gasteiger partial charge in [0.1, 0.15) is 6.04 Å². The molecule has 9 heteroatoms. The Morgan fingerprint density at radius 3 is 2.30 bits per heavy atom. The number of hydrogen-bond acceptors (Lipinski definition) is 3. The van der Waals surface area contributed by atoms with Gasteiger partial charge in [0.05, 0.1) is 12.0 Å². The third-order valence-corrected chi connectivity index (χ3v) is 2.29. The van der Waals surface area contributed by atoms with Crippen molar-refractivity contribution in [3.05, 3.63) is 35.1 Å². The van der Waals surface area contributed by atoms with E-state index in [0.29, 0.717) is 12.1 Å². The number of primary amides is 1. The number of nitrogens with two attached hydrogens (primary N) is 1.